The number of hydrogen-bond donors (Lipinski definition) is 2. The molecule has 136 valence electrons. The summed E-state index contributed by atoms with van der Waals surface area (Å²) in [6.45, 7) is 2.04. The van der Waals surface area contributed by atoms with Crippen LogP contribution in [0.1, 0.15) is 21.6 Å². The summed E-state index contributed by atoms with van der Waals surface area (Å²) in [7, 11) is 0. The number of hydrogen-bond acceptors (Lipinski definition) is 3. The fourth-order valence-electron chi connectivity index (χ4n) is 2.86. The van der Waals surface area contributed by atoms with E-state index in [4.69, 9.17) is 11.6 Å². The molecule has 0 fully saturated rings. The summed E-state index contributed by atoms with van der Waals surface area (Å²) in [6.07, 6.45) is 0. The van der Waals surface area contributed by atoms with Gasteiger partial charge in [0.15, 0.2) is 0 Å². The van der Waals surface area contributed by atoms with Gasteiger partial charge in [-0.25, -0.2) is 14.1 Å². The van der Waals surface area contributed by atoms with Crippen molar-refractivity contribution in [2.24, 2.45) is 0 Å². The van der Waals surface area contributed by atoms with Crippen molar-refractivity contribution in [1.29, 1.82) is 0 Å². The molecule has 4 rings (SSSR count). The van der Waals surface area contributed by atoms with Crippen LogP contribution in [0.15, 0.2) is 48.5 Å². The second-order valence-corrected chi connectivity index (χ2v) is 6.45. The van der Waals surface area contributed by atoms with Gasteiger partial charge in [-0.15, -0.1) is 0 Å². The van der Waals surface area contributed by atoms with Crippen LogP contribution in [-0.4, -0.2) is 25.7 Å². The molecule has 6 nitrogen and oxygen atoms in total. The van der Waals surface area contributed by atoms with Gasteiger partial charge in [0.25, 0.3) is 5.91 Å². The summed E-state index contributed by atoms with van der Waals surface area (Å²) in [4.78, 5) is 20.0. The van der Waals surface area contributed by atoms with E-state index in [9.17, 15) is 9.18 Å². The predicted molar refractivity (Wildman–Crippen MR) is 102 cm³/mol. The number of rotatable bonds is 4. The van der Waals surface area contributed by atoms with Crippen LogP contribution in [0.4, 0.5) is 10.3 Å². The monoisotopic (exact) mass is 383 g/mol. The van der Waals surface area contributed by atoms with Gasteiger partial charge in [-0.05, 0) is 36.8 Å². The van der Waals surface area contributed by atoms with Gasteiger partial charge in [-0.1, -0.05) is 35.9 Å². The lowest BCUT2D eigenvalue weighted by Crippen LogP contribution is -2.14. The zero-order chi connectivity index (χ0) is 19.0. The third-order valence-corrected chi connectivity index (χ3v) is 4.54. The quantitative estimate of drug-likeness (QED) is 0.555. The van der Waals surface area contributed by atoms with Crippen LogP contribution < -0.4 is 5.32 Å². The van der Waals surface area contributed by atoms with Gasteiger partial charge in [0.2, 0.25) is 5.95 Å². The van der Waals surface area contributed by atoms with E-state index in [-0.39, 0.29) is 16.5 Å². The third kappa shape index (κ3) is 3.41. The molecule has 2 N–H and O–H groups in total. The van der Waals surface area contributed by atoms with Gasteiger partial charge in [-0.3, -0.25) is 10.1 Å². The maximum absolute atomic E-state index is 13.1. The molecule has 0 aliphatic rings. The maximum atomic E-state index is 13.1. The molecule has 2 aromatic heterocycles. The van der Waals surface area contributed by atoms with Crippen molar-refractivity contribution >= 4 is 34.5 Å². The lowest BCUT2D eigenvalue weighted by Gasteiger charge is -2.04. The number of para-hydroxylation sites is 2. The van der Waals surface area contributed by atoms with Crippen molar-refractivity contribution in [2.75, 3.05) is 5.32 Å². The molecule has 0 aliphatic heterocycles. The van der Waals surface area contributed by atoms with Crippen LogP contribution >= 0.6 is 11.6 Å². The highest BCUT2D eigenvalue weighted by molar-refractivity contribution is 6.33. The molecule has 0 atom stereocenters. The Bertz CT molecular complexity index is 1100. The summed E-state index contributed by atoms with van der Waals surface area (Å²) in [5.41, 5.74) is 3.17. The lowest BCUT2D eigenvalue weighted by atomic mass is 10.2. The van der Waals surface area contributed by atoms with Gasteiger partial charge < -0.3 is 4.98 Å². The molecular formula is C19H15ClFN5O. The second kappa shape index (κ2) is 6.85. The average Bonchev–Trinajstić information content (AvgIpc) is 3.16. The number of fused-ring (bicyclic) bond motifs is 1. The van der Waals surface area contributed by atoms with Crippen molar-refractivity contribution in [3.63, 3.8) is 0 Å². The van der Waals surface area contributed by atoms with Crippen molar-refractivity contribution < 1.29 is 9.18 Å². The molecule has 4 aromatic rings. The van der Waals surface area contributed by atoms with Crippen LogP contribution in [0.2, 0.25) is 5.15 Å². The third-order valence-electron chi connectivity index (χ3n) is 4.16. The first-order valence-corrected chi connectivity index (χ1v) is 8.62. The molecule has 0 saturated carbocycles. The fraction of sp³-hybridized carbons (Fsp3) is 0.105. The fourth-order valence-corrected chi connectivity index (χ4v) is 3.18. The summed E-state index contributed by atoms with van der Waals surface area (Å²) in [6, 6.07) is 13.5. The zero-order valence-corrected chi connectivity index (χ0v) is 15.1. The van der Waals surface area contributed by atoms with Gasteiger partial charge in [0, 0.05) is 0 Å². The van der Waals surface area contributed by atoms with Crippen LogP contribution in [0.5, 0.6) is 0 Å². The first kappa shape index (κ1) is 17.2. The molecule has 8 heteroatoms. The van der Waals surface area contributed by atoms with Crippen molar-refractivity contribution in [1.82, 2.24) is 19.7 Å². The first-order chi connectivity index (χ1) is 13.0. The van der Waals surface area contributed by atoms with E-state index in [2.05, 4.69) is 20.4 Å². The van der Waals surface area contributed by atoms with Gasteiger partial charge in [-0.2, -0.15) is 5.10 Å². The normalized spacial score (nSPS) is 11.1. The highest BCUT2D eigenvalue weighted by Gasteiger charge is 2.21. The minimum absolute atomic E-state index is 0.213. The van der Waals surface area contributed by atoms with Crippen LogP contribution in [-0.2, 0) is 6.54 Å². The van der Waals surface area contributed by atoms with Crippen LogP contribution in [0.25, 0.3) is 11.0 Å². The number of anilines is 1. The number of amides is 1. The second-order valence-electron chi connectivity index (χ2n) is 6.09. The predicted octanol–water partition coefficient (Wildman–Crippen LogP) is 4.16. The number of halogens is 2. The molecular weight excluding hydrogens is 369 g/mol. The Labute approximate surface area is 159 Å². The van der Waals surface area contributed by atoms with Gasteiger partial charge in [0.05, 0.1) is 28.8 Å². The Kier molecular flexibility index (Phi) is 4.37. The number of aromatic nitrogens is 4. The number of nitrogens with zero attached hydrogens (tertiary/aromatic N) is 3. The summed E-state index contributed by atoms with van der Waals surface area (Å²) in [5, 5.41) is 7.27. The largest absolute Gasteiger partial charge is 0.324 e. The number of benzene rings is 2. The number of carbonyl (C=O) groups is 1. The van der Waals surface area contributed by atoms with E-state index in [1.165, 1.54) is 16.8 Å². The topological polar surface area (TPSA) is 75.6 Å². The SMILES string of the molecule is Cc1nn(Cc2ccc(F)cc2)c(Cl)c1C(=O)Nc1nc2ccccc2[nH]1. The molecule has 0 unspecified atom stereocenters. The molecule has 0 radical (unpaired) electrons. The molecule has 0 saturated heterocycles. The first-order valence-electron chi connectivity index (χ1n) is 8.25. The van der Waals surface area contributed by atoms with E-state index in [0.29, 0.717) is 18.2 Å². The number of imidazole rings is 1. The van der Waals surface area contributed by atoms with Crippen molar-refractivity contribution in [3.8, 4) is 0 Å². The molecule has 0 spiro atoms. The summed E-state index contributed by atoms with van der Waals surface area (Å²) < 4.78 is 14.6. The van der Waals surface area contributed by atoms with Gasteiger partial charge in [0.1, 0.15) is 11.0 Å². The Morgan fingerprint density at radius 2 is 1.96 bits per heavy atom. The standard InChI is InChI=1S/C19H15ClFN5O/c1-11-16(17(20)26(25-11)10-12-6-8-13(21)9-7-12)18(27)24-19-22-14-4-2-3-5-15(14)23-19/h2-9H,10H2,1H3,(H2,22,23,24,27). The number of aromatic amines is 1. The van der Waals surface area contributed by atoms with Crippen molar-refractivity contribution in [3.05, 3.63) is 76.3 Å². The molecule has 2 heterocycles. The molecule has 2 aromatic carbocycles. The van der Waals surface area contributed by atoms with E-state index in [0.717, 1.165) is 16.6 Å². The van der Waals surface area contributed by atoms with E-state index < -0.39 is 5.91 Å². The summed E-state index contributed by atoms with van der Waals surface area (Å²) in [5.74, 6) is -0.378. The Hall–Kier alpha value is -3.19. The van der Waals surface area contributed by atoms with Crippen molar-refractivity contribution in [2.45, 2.75) is 13.5 Å². The molecule has 0 bridgehead atoms. The minimum Gasteiger partial charge on any atom is -0.324 e. The van der Waals surface area contributed by atoms with E-state index >= 15 is 0 Å². The Balaban J connectivity index is 1.58. The maximum Gasteiger partial charge on any atom is 0.263 e. The molecule has 27 heavy (non-hydrogen) atoms. The highest BCUT2D eigenvalue weighted by Crippen LogP contribution is 2.22. The van der Waals surface area contributed by atoms with Gasteiger partial charge >= 0.3 is 0 Å². The van der Waals surface area contributed by atoms with Crippen LogP contribution in [0.3, 0.4) is 0 Å². The zero-order valence-electron chi connectivity index (χ0n) is 14.3. The Morgan fingerprint density at radius 1 is 1.22 bits per heavy atom. The minimum atomic E-state index is -0.401. The van der Waals surface area contributed by atoms with E-state index in [1.807, 2.05) is 24.3 Å². The molecule has 0 aliphatic carbocycles. The molecule has 1 amide bonds. The summed E-state index contributed by atoms with van der Waals surface area (Å²) >= 11 is 6.39. The number of carbonyl (C=O) groups excluding carboxylic acids is 1. The lowest BCUT2D eigenvalue weighted by molar-refractivity contribution is 0.102. The van der Waals surface area contributed by atoms with Crippen LogP contribution in [0, 0.1) is 12.7 Å². The number of nitrogens with one attached hydrogen (secondary N) is 2. The smallest absolute Gasteiger partial charge is 0.263 e. The number of H-pyrrole nitrogens is 1. The average molecular weight is 384 g/mol. The Morgan fingerprint density at radius 3 is 2.70 bits per heavy atom. The van der Waals surface area contributed by atoms with E-state index in [1.54, 1.807) is 19.1 Å². The highest BCUT2D eigenvalue weighted by atomic mass is 35.5. The number of aryl methyl sites for hydroxylation is 1.